The molecule has 0 aromatic rings. The molecule has 0 heterocycles. The Morgan fingerprint density at radius 2 is 0.495 bits per heavy atom. The molecule has 0 aliphatic heterocycles. The van der Waals surface area contributed by atoms with Crippen LogP contribution in [-0.4, -0.2) is 96.7 Å². The third-order valence-corrected chi connectivity index (χ3v) is 20.5. The Kier molecular flexibility index (Phi) is 69.6. The molecule has 0 saturated heterocycles. The summed E-state index contributed by atoms with van der Waals surface area (Å²) in [7, 11) is -9.91. The van der Waals surface area contributed by atoms with Gasteiger partial charge in [0.2, 0.25) is 0 Å². The van der Waals surface area contributed by atoms with Crippen molar-refractivity contribution in [3.05, 3.63) is 0 Å². The van der Waals surface area contributed by atoms with Crippen molar-refractivity contribution in [2.45, 2.75) is 432 Å². The van der Waals surface area contributed by atoms with E-state index in [-0.39, 0.29) is 25.7 Å². The van der Waals surface area contributed by atoms with Gasteiger partial charge in [0, 0.05) is 25.7 Å². The number of phosphoric acid groups is 2. The summed E-state index contributed by atoms with van der Waals surface area (Å²) in [5.41, 5.74) is 0. The van der Waals surface area contributed by atoms with Crippen molar-refractivity contribution in [1.29, 1.82) is 0 Å². The molecule has 0 aliphatic carbocycles. The fourth-order valence-corrected chi connectivity index (χ4v) is 13.6. The van der Waals surface area contributed by atoms with Crippen LogP contribution in [0.15, 0.2) is 0 Å². The summed E-state index contributed by atoms with van der Waals surface area (Å²) in [6.07, 6.45) is 60.8. The highest BCUT2D eigenvalue weighted by atomic mass is 31.2. The number of carbonyl (C=O) groups is 4. The monoisotopic (exact) mass is 1420 g/mol. The maximum atomic E-state index is 13.1. The molecule has 0 saturated carbocycles. The molecule has 19 heteroatoms. The summed E-state index contributed by atoms with van der Waals surface area (Å²) >= 11 is 0. The van der Waals surface area contributed by atoms with Crippen LogP contribution < -0.4 is 0 Å². The van der Waals surface area contributed by atoms with Gasteiger partial charge in [0.25, 0.3) is 0 Å². The molecule has 97 heavy (non-hydrogen) atoms. The molecule has 0 aliphatic rings. The van der Waals surface area contributed by atoms with Gasteiger partial charge in [0.1, 0.15) is 19.3 Å². The molecule has 576 valence electrons. The summed E-state index contributed by atoms with van der Waals surface area (Å²) < 4.78 is 68.6. The fourth-order valence-electron chi connectivity index (χ4n) is 12.0. The van der Waals surface area contributed by atoms with E-state index in [0.717, 1.165) is 95.8 Å². The number of esters is 4. The molecule has 3 unspecified atom stereocenters. The van der Waals surface area contributed by atoms with E-state index >= 15 is 0 Å². The van der Waals surface area contributed by atoms with Crippen LogP contribution in [0.1, 0.15) is 413 Å². The van der Waals surface area contributed by atoms with Crippen LogP contribution in [0.5, 0.6) is 0 Å². The molecule has 17 nitrogen and oxygen atoms in total. The van der Waals surface area contributed by atoms with Gasteiger partial charge in [-0.3, -0.25) is 37.3 Å². The van der Waals surface area contributed by atoms with Crippen LogP contribution in [0, 0.1) is 5.92 Å². The van der Waals surface area contributed by atoms with Gasteiger partial charge in [-0.1, -0.05) is 362 Å². The molecule has 0 bridgehead atoms. The lowest BCUT2D eigenvalue weighted by Crippen LogP contribution is -2.30. The average Bonchev–Trinajstić information content (AvgIpc) is 1.12. The number of hydrogen-bond donors (Lipinski definition) is 3. The highest BCUT2D eigenvalue weighted by molar-refractivity contribution is 7.47. The number of aliphatic hydroxyl groups excluding tert-OH is 1. The lowest BCUT2D eigenvalue weighted by Gasteiger charge is -2.21. The first kappa shape index (κ1) is 95.1. The maximum Gasteiger partial charge on any atom is 0.472 e. The van der Waals surface area contributed by atoms with E-state index in [1.54, 1.807) is 0 Å². The number of phosphoric ester groups is 2. The predicted molar refractivity (Wildman–Crippen MR) is 395 cm³/mol. The van der Waals surface area contributed by atoms with E-state index in [9.17, 15) is 43.2 Å². The molecule has 3 N–H and O–H groups in total. The number of carbonyl (C=O) groups excluding carboxylic acids is 4. The number of unbranched alkanes of at least 4 members (excludes halogenated alkanes) is 49. The maximum absolute atomic E-state index is 13.1. The minimum Gasteiger partial charge on any atom is -0.462 e. The second kappa shape index (κ2) is 71.1. The van der Waals surface area contributed by atoms with Crippen LogP contribution in [0.4, 0.5) is 0 Å². The minimum absolute atomic E-state index is 0.108. The van der Waals surface area contributed by atoms with E-state index in [4.69, 9.17) is 37.0 Å². The van der Waals surface area contributed by atoms with Gasteiger partial charge < -0.3 is 33.8 Å². The predicted octanol–water partition coefficient (Wildman–Crippen LogP) is 23.3. The van der Waals surface area contributed by atoms with Crippen LogP contribution in [0.25, 0.3) is 0 Å². The first-order valence-electron chi connectivity index (χ1n) is 40.7. The molecule has 0 aromatic heterocycles. The van der Waals surface area contributed by atoms with Crippen LogP contribution in [-0.2, 0) is 65.4 Å². The van der Waals surface area contributed by atoms with Crippen LogP contribution >= 0.6 is 15.6 Å². The SMILES string of the molecule is CCCCCCCCCCCCCCCCCCCCCC(=O)O[C@H](COC(=O)CCCCCCCCCCCCC(C)CC)COP(=O)(O)OC[C@@H](O)COP(=O)(O)OC[C@@H](COC(=O)CCCCCCCCCCCCC)OC(=O)CCCCCCCCCCCCCCC. The van der Waals surface area contributed by atoms with Gasteiger partial charge in [-0.25, -0.2) is 9.13 Å². The van der Waals surface area contributed by atoms with Crippen molar-refractivity contribution >= 4 is 39.5 Å². The highest BCUT2D eigenvalue weighted by Crippen LogP contribution is 2.45. The normalized spacial score (nSPS) is 14.2. The van der Waals surface area contributed by atoms with Gasteiger partial charge >= 0.3 is 39.5 Å². The smallest absolute Gasteiger partial charge is 0.462 e. The largest absolute Gasteiger partial charge is 0.472 e. The standard InChI is InChI=1S/C78H152O17P2/c1-6-10-13-16-19-22-25-27-28-29-30-31-32-34-37-44-49-54-59-64-78(83)95-74(68-89-76(81)62-57-52-47-42-39-38-40-45-50-55-60-71(5)9-4)70-93-97(86,87)91-66-72(79)65-90-96(84,85)92-69-73(67-88-75(80)61-56-51-46-41-35-24-21-18-15-12-8-3)94-77(82)63-58-53-48-43-36-33-26-23-20-17-14-11-7-2/h71-74,79H,6-70H2,1-5H3,(H,84,85)(H,86,87)/t71?,72-,73+,74+/m0/s1. The second-order valence-electron chi connectivity index (χ2n) is 28.3. The van der Waals surface area contributed by atoms with Gasteiger partial charge in [0.05, 0.1) is 26.4 Å². The topological polar surface area (TPSA) is 237 Å². The molecule has 0 spiro atoms. The van der Waals surface area contributed by atoms with Crippen LogP contribution in [0.3, 0.4) is 0 Å². The molecular formula is C78H152O17P2. The Morgan fingerprint density at radius 1 is 0.289 bits per heavy atom. The molecule has 0 aromatic carbocycles. The van der Waals surface area contributed by atoms with Crippen molar-refractivity contribution in [2.24, 2.45) is 5.92 Å². The van der Waals surface area contributed by atoms with Crippen molar-refractivity contribution in [3.63, 3.8) is 0 Å². The Morgan fingerprint density at radius 3 is 0.732 bits per heavy atom. The fraction of sp³-hybridized carbons (Fsp3) is 0.949. The van der Waals surface area contributed by atoms with E-state index in [1.807, 2.05) is 0 Å². The summed E-state index contributed by atoms with van der Waals surface area (Å²) in [5.74, 6) is -1.30. The number of rotatable bonds is 78. The molecule has 6 atom stereocenters. The molecule has 0 rings (SSSR count). The molecule has 0 radical (unpaired) electrons. The van der Waals surface area contributed by atoms with Gasteiger partial charge in [-0.2, -0.15) is 0 Å². The summed E-state index contributed by atoms with van der Waals surface area (Å²) in [4.78, 5) is 72.9. The minimum atomic E-state index is -4.96. The molecule has 0 amide bonds. The van der Waals surface area contributed by atoms with Crippen molar-refractivity contribution in [3.8, 4) is 0 Å². The van der Waals surface area contributed by atoms with Gasteiger partial charge in [0.15, 0.2) is 12.2 Å². The zero-order chi connectivity index (χ0) is 71.2. The lowest BCUT2D eigenvalue weighted by atomic mass is 9.99. The van der Waals surface area contributed by atoms with E-state index in [2.05, 4.69) is 34.6 Å². The summed E-state index contributed by atoms with van der Waals surface area (Å²) in [5, 5.41) is 10.6. The third-order valence-electron chi connectivity index (χ3n) is 18.6. The third kappa shape index (κ3) is 70.9. The van der Waals surface area contributed by atoms with Crippen molar-refractivity contribution < 1.29 is 80.2 Å². The first-order valence-corrected chi connectivity index (χ1v) is 43.7. The average molecular weight is 1420 g/mol. The quantitative estimate of drug-likeness (QED) is 0.0222. The zero-order valence-electron chi connectivity index (χ0n) is 63.2. The van der Waals surface area contributed by atoms with Crippen molar-refractivity contribution in [1.82, 2.24) is 0 Å². The number of hydrogen-bond acceptors (Lipinski definition) is 15. The Bertz CT molecular complexity index is 1860. The van der Waals surface area contributed by atoms with Crippen LogP contribution in [0.2, 0.25) is 0 Å². The molecular weight excluding hydrogens is 1270 g/mol. The summed E-state index contributed by atoms with van der Waals surface area (Å²) in [6, 6.07) is 0. The number of ether oxygens (including phenoxy) is 4. The Hall–Kier alpha value is -1.94. The van der Waals surface area contributed by atoms with E-state index < -0.39 is 97.5 Å². The van der Waals surface area contributed by atoms with Gasteiger partial charge in [-0.05, 0) is 31.6 Å². The lowest BCUT2D eigenvalue weighted by molar-refractivity contribution is -0.161. The second-order valence-corrected chi connectivity index (χ2v) is 31.3. The zero-order valence-corrected chi connectivity index (χ0v) is 65.0. The van der Waals surface area contributed by atoms with E-state index in [0.29, 0.717) is 25.7 Å². The Balaban J connectivity index is 5.24. The number of aliphatic hydroxyl groups is 1. The molecule has 0 fully saturated rings. The van der Waals surface area contributed by atoms with E-state index in [1.165, 1.54) is 238 Å². The first-order chi connectivity index (χ1) is 47.1. The highest BCUT2D eigenvalue weighted by Gasteiger charge is 2.30. The van der Waals surface area contributed by atoms with Gasteiger partial charge in [-0.15, -0.1) is 0 Å². The summed E-state index contributed by atoms with van der Waals surface area (Å²) in [6.45, 7) is 7.34. The van der Waals surface area contributed by atoms with Crippen molar-refractivity contribution in [2.75, 3.05) is 39.6 Å². The Labute approximate surface area is 594 Å².